The Morgan fingerprint density at radius 3 is 2.40 bits per heavy atom. The minimum Gasteiger partial charge on any atom is -0.458 e. The summed E-state index contributed by atoms with van der Waals surface area (Å²) >= 11 is 0. The highest BCUT2D eigenvalue weighted by Gasteiger charge is 2.71. The van der Waals surface area contributed by atoms with Crippen molar-refractivity contribution in [2.24, 2.45) is 33.7 Å². The molecule has 4 saturated carbocycles. The zero-order chi connectivity index (χ0) is 30.1. The normalized spacial score (nSPS) is 41.5. The van der Waals surface area contributed by atoms with Crippen LogP contribution in [-0.2, 0) is 14.9 Å². The van der Waals surface area contributed by atoms with E-state index in [0.717, 1.165) is 30.4 Å². The molecule has 4 N–H and O–H groups in total. The number of nitrogens with zero attached hydrogens (tertiary/aromatic N) is 1. The molecule has 0 aromatic heterocycles. The van der Waals surface area contributed by atoms with Gasteiger partial charge < -0.3 is 20.1 Å². The van der Waals surface area contributed by atoms with Gasteiger partial charge in [0, 0.05) is 35.1 Å². The minimum atomic E-state index is -1.18. The van der Waals surface area contributed by atoms with E-state index in [1.165, 1.54) is 0 Å². The molecule has 8 unspecified atom stereocenters. The highest BCUT2D eigenvalue weighted by Crippen LogP contribution is 2.70. The van der Waals surface area contributed by atoms with Crippen molar-refractivity contribution in [3.63, 3.8) is 0 Å². The number of carbonyl (C=O) groups is 2. The van der Waals surface area contributed by atoms with Crippen molar-refractivity contribution in [1.82, 2.24) is 5.43 Å². The molecule has 0 saturated heterocycles. The molecule has 8 nitrogen and oxygen atoms in total. The standard InChI is InChI=1S/C34H46N2O6/c1-30(2,3)23-7-5-21(6-8-23)29(39)36-35-20-32-14-9-24(37)18-33(32,40)15-11-27-26(32)10-13-31(4)25(12-16-34(27,31)41)22-17-28(38)42-19-22/h5-8,17,20,24-27,37,40-41H,9-16,18-19H2,1-4H3,(H,36,39). The molecule has 8 heteroatoms. The van der Waals surface area contributed by atoms with Crippen molar-refractivity contribution in [2.75, 3.05) is 6.61 Å². The predicted molar refractivity (Wildman–Crippen MR) is 159 cm³/mol. The number of cyclic esters (lactones) is 1. The Hall–Kier alpha value is -2.55. The van der Waals surface area contributed by atoms with Crippen molar-refractivity contribution < 1.29 is 29.6 Å². The minimum absolute atomic E-state index is 0.0153. The lowest BCUT2D eigenvalue weighted by atomic mass is 9.41. The van der Waals surface area contributed by atoms with Gasteiger partial charge in [-0.25, -0.2) is 10.2 Å². The molecule has 0 spiro atoms. The van der Waals surface area contributed by atoms with Crippen LogP contribution in [0.2, 0.25) is 0 Å². The molecule has 0 bridgehead atoms. The lowest BCUT2D eigenvalue weighted by Gasteiger charge is -2.65. The number of carbonyl (C=O) groups excluding carboxylic acids is 2. The smallest absolute Gasteiger partial charge is 0.331 e. The van der Waals surface area contributed by atoms with E-state index in [1.54, 1.807) is 24.4 Å². The molecule has 6 rings (SSSR count). The Kier molecular flexibility index (Phi) is 7.03. The third-order valence-electron chi connectivity index (χ3n) is 12.1. The number of hydrogen-bond acceptors (Lipinski definition) is 7. The summed E-state index contributed by atoms with van der Waals surface area (Å²) in [5, 5.41) is 39.8. The molecule has 0 radical (unpaired) electrons. The van der Waals surface area contributed by atoms with Gasteiger partial charge in [-0.15, -0.1) is 0 Å². The zero-order valence-corrected chi connectivity index (χ0v) is 25.4. The van der Waals surface area contributed by atoms with Crippen LogP contribution in [0.15, 0.2) is 41.0 Å². The average Bonchev–Trinajstić information content (AvgIpc) is 3.48. The summed E-state index contributed by atoms with van der Waals surface area (Å²) in [6, 6.07) is 7.53. The van der Waals surface area contributed by atoms with E-state index in [9.17, 15) is 24.9 Å². The van der Waals surface area contributed by atoms with E-state index >= 15 is 0 Å². The van der Waals surface area contributed by atoms with Crippen LogP contribution >= 0.6 is 0 Å². The van der Waals surface area contributed by atoms with Gasteiger partial charge in [0.15, 0.2) is 0 Å². The van der Waals surface area contributed by atoms with Gasteiger partial charge in [0.2, 0.25) is 0 Å². The molecule has 4 fully saturated rings. The molecule has 1 heterocycles. The Morgan fingerprint density at radius 1 is 1.02 bits per heavy atom. The number of benzene rings is 1. The van der Waals surface area contributed by atoms with Gasteiger partial charge in [-0.3, -0.25) is 4.79 Å². The molecule has 42 heavy (non-hydrogen) atoms. The SMILES string of the molecule is CC(C)(C)c1ccc(C(=O)NN=CC23CCC(O)CC2(O)CCC2C3CCC3(C)C(C4=CC(=O)OC4)CCC23O)cc1. The van der Waals surface area contributed by atoms with Crippen molar-refractivity contribution in [3.8, 4) is 0 Å². The van der Waals surface area contributed by atoms with Crippen LogP contribution in [0, 0.1) is 28.6 Å². The summed E-state index contributed by atoms with van der Waals surface area (Å²) in [7, 11) is 0. The van der Waals surface area contributed by atoms with E-state index in [4.69, 9.17) is 4.74 Å². The summed E-state index contributed by atoms with van der Waals surface area (Å²) in [6.45, 7) is 8.85. The highest BCUT2D eigenvalue weighted by atomic mass is 16.5. The fourth-order valence-corrected chi connectivity index (χ4v) is 9.75. The molecule has 1 amide bonds. The quantitative estimate of drug-likeness (QED) is 0.238. The lowest BCUT2D eigenvalue weighted by Crippen LogP contribution is -2.68. The topological polar surface area (TPSA) is 128 Å². The van der Waals surface area contributed by atoms with Crippen molar-refractivity contribution in [2.45, 2.75) is 108 Å². The summed E-state index contributed by atoms with van der Waals surface area (Å²) in [5.41, 5.74) is 2.02. The van der Waals surface area contributed by atoms with E-state index in [0.29, 0.717) is 44.3 Å². The molecule has 228 valence electrons. The lowest BCUT2D eigenvalue weighted by molar-refractivity contribution is -0.237. The van der Waals surface area contributed by atoms with Gasteiger partial charge in [-0.1, -0.05) is 39.8 Å². The van der Waals surface area contributed by atoms with Gasteiger partial charge in [-0.05, 0) is 97.8 Å². The van der Waals surface area contributed by atoms with Gasteiger partial charge in [0.25, 0.3) is 5.91 Å². The van der Waals surface area contributed by atoms with E-state index in [-0.39, 0.29) is 41.5 Å². The first-order valence-corrected chi connectivity index (χ1v) is 15.7. The summed E-state index contributed by atoms with van der Waals surface area (Å²) in [4.78, 5) is 24.9. The zero-order valence-electron chi connectivity index (χ0n) is 25.4. The predicted octanol–water partition coefficient (Wildman–Crippen LogP) is 4.41. The monoisotopic (exact) mass is 578 g/mol. The maximum atomic E-state index is 13.0. The second kappa shape index (κ2) is 10.00. The van der Waals surface area contributed by atoms with Gasteiger partial charge in [0.1, 0.15) is 6.61 Å². The highest BCUT2D eigenvalue weighted by molar-refractivity contribution is 5.94. The number of aliphatic hydroxyl groups excluding tert-OH is 1. The van der Waals surface area contributed by atoms with Gasteiger partial charge >= 0.3 is 5.97 Å². The first-order chi connectivity index (χ1) is 19.7. The van der Waals surface area contributed by atoms with Crippen molar-refractivity contribution in [3.05, 3.63) is 47.0 Å². The summed E-state index contributed by atoms with van der Waals surface area (Å²) in [6.07, 6.45) is 8.18. The van der Waals surface area contributed by atoms with E-state index < -0.39 is 28.1 Å². The van der Waals surface area contributed by atoms with Crippen molar-refractivity contribution in [1.29, 1.82) is 0 Å². The molecule has 1 aromatic rings. The third kappa shape index (κ3) is 4.39. The van der Waals surface area contributed by atoms with Crippen LogP contribution in [0.3, 0.4) is 0 Å². The fourth-order valence-electron chi connectivity index (χ4n) is 9.75. The summed E-state index contributed by atoms with van der Waals surface area (Å²) < 4.78 is 5.25. The van der Waals surface area contributed by atoms with Crippen LogP contribution in [-0.4, -0.2) is 57.3 Å². The molecular formula is C34H46N2O6. The second-order valence-corrected chi connectivity index (χ2v) is 15.0. The van der Waals surface area contributed by atoms with Crippen LogP contribution in [0.25, 0.3) is 0 Å². The molecule has 5 aliphatic rings. The Bertz CT molecular complexity index is 1320. The molecule has 1 aliphatic heterocycles. The first kappa shape index (κ1) is 29.5. The van der Waals surface area contributed by atoms with Crippen LogP contribution in [0.1, 0.15) is 101 Å². The fraction of sp³-hybridized carbons (Fsp3) is 0.676. The number of ether oxygens (including phenoxy) is 1. The number of aliphatic hydroxyl groups is 3. The van der Waals surface area contributed by atoms with E-state index in [2.05, 4.69) is 38.2 Å². The van der Waals surface area contributed by atoms with Crippen molar-refractivity contribution >= 4 is 18.1 Å². The average molecular weight is 579 g/mol. The number of rotatable bonds is 4. The van der Waals surface area contributed by atoms with Crippen LogP contribution in [0.5, 0.6) is 0 Å². The number of nitrogens with one attached hydrogen (secondary N) is 1. The largest absolute Gasteiger partial charge is 0.458 e. The second-order valence-electron chi connectivity index (χ2n) is 15.0. The number of hydrazone groups is 1. The maximum absolute atomic E-state index is 13.0. The van der Waals surface area contributed by atoms with Gasteiger partial charge in [-0.2, -0.15) is 5.10 Å². The molecular weight excluding hydrogens is 532 g/mol. The first-order valence-electron chi connectivity index (χ1n) is 15.7. The number of hydrogen-bond donors (Lipinski definition) is 4. The Morgan fingerprint density at radius 2 is 1.74 bits per heavy atom. The van der Waals surface area contributed by atoms with Crippen LogP contribution < -0.4 is 5.43 Å². The maximum Gasteiger partial charge on any atom is 0.331 e. The summed E-state index contributed by atoms with van der Waals surface area (Å²) in [5.74, 6) is -0.656. The van der Waals surface area contributed by atoms with Crippen LogP contribution in [0.4, 0.5) is 0 Å². The molecule has 4 aliphatic carbocycles. The molecule has 1 aromatic carbocycles. The molecule has 8 atom stereocenters. The Labute approximate surface area is 248 Å². The number of fused-ring (bicyclic) bond motifs is 5. The van der Waals surface area contributed by atoms with Gasteiger partial charge in [0.05, 0.1) is 17.3 Å². The Balaban J connectivity index is 1.28. The number of esters is 1. The van der Waals surface area contributed by atoms with E-state index in [1.807, 2.05) is 12.1 Å². The number of amides is 1. The third-order valence-corrected chi connectivity index (χ3v) is 12.1.